The van der Waals surface area contributed by atoms with E-state index in [0.717, 1.165) is 38.5 Å². The van der Waals surface area contributed by atoms with Crippen LogP contribution in [0.1, 0.15) is 81.5 Å². The van der Waals surface area contributed by atoms with Crippen molar-refractivity contribution in [3.63, 3.8) is 0 Å². The first-order valence-electron chi connectivity index (χ1n) is 10.8. The van der Waals surface area contributed by atoms with E-state index in [0.29, 0.717) is 18.5 Å². The number of nitrogens with zero attached hydrogens (tertiary/aromatic N) is 1. The molecule has 7 heteroatoms. The van der Waals surface area contributed by atoms with Crippen molar-refractivity contribution in [3.05, 3.63) is 29.8 Å². The summed E-state index contributed by atoms with van der Waals surface area (Å²) in [7, 11) is -3.79. The third-order valence-corrected chi connectivity index (χ3v) is 8.00. The van der Waals surface area contributed by atoms with Crippen LogP contribution in [0.5, 0.6) is 0 Å². The first kappa shape index (κ1) is 22.0. The Morgan fingerprint density at radius 3 is 2.10 bits per heavy atom. The first-order chi connectivity index (χ1) is 13.9. The molecule has 0 aromatic heterocycles. The molecule has 2 aliphatic rings. The Hall–Kier alpha value is -1.73. The van der Waals surface area contributed by atoms with Crippen molar-refractivity contribution in [1.29, 1.82) is 0 Å². The highest BCUT2D eigenvalue weighted by Crippen LogP contribution is 2.26. The van der Waals surface area contributed by atoms with Crippen molar-refractivity contribution in [3.8, 4) is 0 Å². The van der Waals surface area contributed by atoms with Gasteiger partial charge in [0.2, 0.25) is 15.9 Å². The minimum Gasteiger partial charge on any atom is -0.352 e. The van der Waals surface area contributed by atoms with E-state index in [1.807, 2.05) is 0 Å². The number of amides is 1. The van der Waals surface area contributed by atoms with Crippen LogP contribution in [-0.4, -0.2) is 43.0 Å². The number of carbonyl (C=O) groups is 2. The average molecular weight is 421 g/mol. The third kappa shape index (κ3) is 5.45. The highest BCUT2D eigenvalue weighted by molar-refractivity contribution is 7.89. The summed E-state index contributed by atoms with van der Waals surface area (Å²) < 4.78 is 27.8. The van der Waals surface area contributed by atoms with Gasteiger partial charge >= 0.3 is 0 Å². The molecule has 0 radical (unpaired) electrons. The predicted octanol–water partition coefficient (Wildman–Crippen LogP) is 3.66. The number of hydrogen-bond donors (Lipinski definition) is 1. The maximum Gasteiger partial charge on any atom is 0.243 e. The van der Waals surface area contributed by atoms with Gasteiger partial charge < -0.3 is 5.32 Å². The Balaban J connectivity index is 1.75. The fraction of sp³-hybridized carbons (Fsp3) is 0.636. The van der Waals surface area contributed by atoms with E-state index in [-0.39, 0.29) is 22.6 Å². The molecule has 1 amide bonds. The van der Waals surface area contributed by atoms with Gasteiger partial charge in [-0.25, -0.2) is 8.42 Å². The molecular formula is C22H32N2O4S. The number of benzene rings is 1. The molecule has 1 aromatic rings. The molecule has 29 heavy (non-hydrogen) atoms. The lowest BCUT2D eigenvalue weighted by Crippen LogP contribution is -2.53. The van der Waals surface area contributed by atoms with Crippen molar-refractivity contribution in [2.45, 2.75) is 88.1 Å². The van der Waals surface area contributed by atoms with Crippen molar-refractivity contribution in [2.75, 3.05) is 6.54 Å². The molecule has 1 aliphatic heterocycles. The highest BCUT2D eigenvalue weighted by Gasteiger charge is 2.38. The number of sulfonamides is 1. The SMILES string of the molecule is CC(=O)c1ccc(S(=O)(=O)N2CCCC[C@H]2C(=O)NC2CCCCCCC2)cc1. The number of piperidine rings is 1. The zero-order valence-electron chi connectivity index (χ0n) is 17.2. The standard InChI is InChI=1S/C22H32N2O4S/c1-17(25)18-12-14-20(15-13-18)29(27,28)24-16-8-7-11-21(24)22(26)23-19-9-5-3-2-4-6-10-19/h12-15,19,21H,2-11,16H2,1H3,(H,23,26)/t21-/m0/s1. The van der Waals surface area contributed by atoms with Crippen molar-refractivity contribution in [1.82, 2.24) is 9.62 Å². The number of ketones is 1. The number of rotatable bonds is 5. The molecule has 1 aliphatic carbocycles. The van der Waals surface area contributed by atoms with Gasteiger partial charge in [0.05, 0.1) is 4.90 Å². The van der Waals surface area contributed by atoms with Crippen LogP contribution in [0.25, 0.3) is 0 Å². The summed E-state index contributed by atoms with van der Waals surface area (Å²) in [5, 5.41) is 3.14. The Labute approximate surface area is 174 Å². The van der Waals surface area contributed by atoms with Gasteiger partial charge in [-0.15, -0.1) is 0 Å². The molecule has 0 spiro atoms. The van der Waals surface area contributed by atoms with Crippen LogP contribution < -0.4 is 5.32 Å². The molecule has 1 N–H and O–H groups in total. The van der Waals surface area contributed by atoms with E-state index in [2.05, 4.69) is 5.32 Å². The smallest absolute Gasteiger partial charge is 0.243 e. The highest BCUT2D eigenvalue weighted by atomic mass is 32.2. The molecule has 0 bridgehead atoms. The zero-order valence-corrected chi connectivity index (χ0v) is 18.0. The minimum absolute atomic E-state index is 0.108. The normalized spacial score (nSPS) is 22.4. The number of Topliss-reactive ketones (excluding diaryl/α,β-unsaturated/α-hetero) is 1. The van der Waals surface area contributed by atoms with Crippen molar-refractivity contribution < 1.29 is 18.0 Å². The van der Waals surface area contributed by atoms with Gasteiger partial charge in [-0.3, -0.25) is 9.59 Å². The summed E-state index contributed by atoms with van der Waals surface area (Å²) in [6.07, 6.45) is 9.96. The topological polar surface area (TPSA) is 83.6 Å². The fourth-order valence-corrected chi connectivity index (χ4v) is 6.01. The van der Waals surface area contributed by atoms with E-state index >= 15 is 0 Å². The third-order valence-electron chi connectivity index (χ3n) is 6.08. The Kier molecular flexibility index (Phi) is 7.46. The van der Waals surface area contributed by atoms with E-state index in [4.69, 9.17) is 0 Å². The Bertz CT molecular complexity index is 812. The summed E-state index contributed by atoms with van der Waals surface area (Å²) >= 11 is 0. The fourth-order valence-electron chi connectivity index (χ4n) is 4.35. The second-order valence-corrected chi connectivity index (χ2v) is 10.1. The summed E-state index contributed by atoms with van der Waals surface area (Å²) in [4.78, 5) is 24.6. The Morgan fingerprint density at radius 2 is 1.48 bits per heavy atom. The van der Waals surface area contributed by atoms with Gasteiger partial charge in [0.15, 0.2) is 5.78 Å². The average Bonchev–Trinajstić information content (AvgIpc) is 2.70. The molecule has 0 unspecified atom stereocenters. The largest absolute Gasteiger partial charge is 0.352 e. The summed E-state index contributed by atoms with van der Waals surface area (Å²) in [6.45, 7) is 1.80. The van der Waals surface area contributed by atoms with Gasteiger partial charge in [0, 0.05) is 18.2 Å². The minimum atomic E-state index is -3.79. The van der Waals surface area contributed by atoms with E-state index in [1.165, 1.54) is 54.8 Å². The van der Waals surface area contributed by atoms with E-state index in [1.54, 1.807) is 0 Å². The molecule has 1 saturated carbocycles. The predicted molar refractivity (Wildman–Crippen MR) is 112 cm³/mol. The van der Waals surface area contributed by atoms with Crippen LogP contribution in [0.2, 0.25) is 0 Å². The summed E-state index contributed by atoms with van der Waals surface area (Å²) in [5.41, 5.74) is 0.473. The number of carbonyl (C=O) groups excluding carboxylic acids is 2. The maximum absolute atomic E-state index is 13.2. The van der Waals surface area contributed by atoms with E-state index < -0.39 is 16.1 Å². The quantitative estimate of drug-likeness (QED) is 0.737. The lowest BCUT2D eigenvalue weighted by atomic mass is 9.96. The molecule has 1 saturated heterocycles. The lowest BCUT2D eigenvalue weighted by molar-refractivity contribution is -0.126. The van der Waals surface area contributed by atoms with Gasteiger partial charge in [0.25, 0.3) is 0 Å². The van der Waals surface area contributed by atoms with Gasteiger partial charge in [-0.2, -0.15) is 4.31 Å². The van der Waals surface area contributed by atoms with E-state index in [9.17, 15) is 18.0 Å². The van der Waals surface area contributed by atoms with Gasteiger partial charge in [0.1, 0.15) is 6.04 Å². The monoisotopic (exact) mass is 420 g/mol. The van der Waals surface area contributed by atoms with Crippen LogP contribution in [-0.2, 0) is 14.8 Å². The molecule has 3 rings (SSSR count). The van der Waals surface area contributed by atoms with Gasteiger partial charge in [-0.05, 0) is 44.7 Å². The van der Waals surface area contributed by atoms with Crippen LogP contribution >= 0.6 is 0 Å². The zero-order chi connectivity index (χ0) is 20.9. The first-order valence-corrected chi connectivity index (χ1v) is 12.3. The van der Waals surface area contributed by atoms with Gasteiger partial charge in [-0.1, -0.05) is 50.7 Å². The Morgan fingerprint density at radius 1 is 0.897 bits per heavy atom. The molecule has 1 aromatic carbocycles. The number of hydrogen-bond acceptors (Lipinski definition) is 4. The number of nitrogens with one attached hydrogen (secondary N) is 1. The summed E-state index contributed by atoms with van der Waals surface area (Å²) in [6, 6.07) is 5.47. The second kappa shape index (κ2) is 9.85. The molecule has 160 valence electrons. The van der Waals surface area contributed by atoms with Crippen LogP contribution in [0.15, 0.2) is 29.2 Å². The van der Waals surface area contributed by atoms with Crippen LogP contribution in [0.4, 0.5) is 0 Å². The molecule has 1 atom stereocenters. The maximum atomic E-state index is 13.2. The summed E-state index contributed by atoms with van der Waals surface area (Å²) in [5.74, 6) is -0.275. The lowest BCUT2D eigenvalue weighted by Gasteiger charge is -2.35. The van der Waals surface area contributed by atoms with Crippen molar-refractivity contribution >= 4 is 21.7 Å². The molecule has 1 heterocycles. The van der Waals surface area contributed by atoms with Crippen molar-refractivity contribution in [2.24, 2.45) is 0 Å². The molecule has 2 fully saturated rings. The molecule has 6 nitrogen and oxygen atoms in total. The van der Waals surface area contributed by atoms with Crippen LogP contribution in [0.3, 0.4) is 0 Å². The second-order valence-electron chi connectivity index (χ2n) is 8.26. The van der Waals surface area contributed by atoms with Crippen LogP contribution in [0, 0.1) is 0 Å². The molecular weight excluding hydrogens is 388 g/mol.